The lowest BCUT2D eigenvalue weighted by atomic mass is 10.3. The van der Waals surface area contributed by atoms with Gasteiger partial charge in [-0.2, -0.15) is 4.98 Å². The Morgan fingerprint density at radius 2 is 2.29 bits per heavy atom. The van der Waals surface area contributed by atoms with Crippen LogP contribution in [-0.4, -0.2) is 23.1 Å². The summed E-state index contributed by atoms with van der Waals surface area (Å²) in [7, 11) is 0. The molecule has 1 aromatic heterocycles. The molecule has 0 radical (unpaired) electrons. The van der Waals surface area contributed by atoms with Crippen LogP contribution < -0.4 is 10.1 Å². The number of hydrogen-bond acceptors (Lipinski definition) is 4. The fraction of sp³-hybridized carbons (Fsp3) is 0.600. The van der Waals surface area contributed by atoms with Crippen molar-refractivity contribution >= 4 is 5.95 Å². The highest BCUT2D eigenvalue weighted by molar-refractivity contribution is 5.27. The van der Waals surface area contributed by atoms with E-state index in [1.807, 2.05) is 6.92 Å². The third-order valence-corrected chi connectivity index (χ3v) is 1.74. The molecule has 0 aliphatic rings. The molecule has 0 amide bonds. The van der Waals surface area contributed by atoms with Gasteiger partial charge >= 0.3 is 0 Å². The molecule has 0 aliphatic carbocycles. The van der Waals surface area contributed by atoms with Crippen LogP contribution in [0.3, 0.4) is 0 Å². The van der Waals surface area contributed by atoms with Gasteiger partial charge in [0.1, 0.15) is 0 Å². The lowest BCUT2D eigenvalue weighted by Gasteiger charge is -2.05. The predicted molar refractivity (Wildman–Crippen MR) is 56.6 cm³/mol. The number of unbranched alkanes of at least 4 members (excludes halogenated alkanes) is 1. The molecule has 4 nitrogen and oxygen atoms in total. The van der Waals surface area contributed by atoms with Crippen LogP contribution in [0.4, 0.5) is 5.95 Å². The molecule has 1 aromatic rings. The normalized spacial score (nSPS) is 9.86. The molecule has 0 saturated carbocycles. The largest absolute Gasteiger partial charge is 0.478 e. The van der Waals surface area contributed by atoms with Crippen LogP contribution >= 0.6 is 0 Å². The molecule has 1 N–H and O–H groups in total. The predicted octanol–water partition coefficient (Wildman–Crippen LogP) is 2.09. The summed E-state index contributed by atoms with van der Waals surface area (Å²) >= 11 is 0. The first-order valence-corrected chi connectivity index (χ1v) is 5.06. The van der Waals surface area contributed by atoms with Gasteiger partial charge < -0.3 is 10.1 Å². The minimum atomic E-state index is 0.626. The molecule has 0 fully saturated rings. The van der Waals surface area contributed by atoms with Crippen LogP contribution in [0, 0.1) is 0 Å². The SMILES string of the molecule is CCCCNc1nccc(OCC)n1. The van der Waals surface area contributed by atoms with E-state index in [0.29, 0.717) is 18.4 Å². The van der Waals surface area contributed by atoms with Crippen LogP contribution in [0.1, 0.15) is 26.7 Å². The maximum absolute atomic E-state index is 5.26. The van der Waals surface area contributed by atoms with E-state index >= 15 is 0 Å². The minimum absolute atomic E-state index is 0.626. The number of nitrogens with one attached hydrogen (secondary N) is 1. The van der Waals surface area contributed by atoms with Crippen LogP contribution in [0.25, 0.3) is 0 Å². The highest BCUT2D eigenvalue weighted by atomic mass is 16.5. The zero-order valence-corrected chi connectivity index (χ0v) is 8.79. The molecular formula is C10H17N3O. The molecular weight excluding hydrogens is 178 g/mol. The van der Waals surface area contributed by atoms with Crippen molar-refractivity contribution in [1.29, 1.82) is 0 Å². The van der Waals surface area contributed by atoms with Crippen molar-refractivity contribution in [3.05, 3.63) is 12.3 Å². The maximum atomic E-state index is 5.26. The molecule has 14 heavy (non-hydrogen) atoms. The Labute approximate surface area is 84.7 Å². The van der Waals surface area contributed by atoms with Crippen LogP contribution in [0.2, 0.25) is 0 Å². The number of anilines is 1. The summed E-state index contributed by atoms with van der Waals surface area (Å²) in [5.41, 5.74) is 0. The van der Waals surface area contributed by atoms with Crippen molar-refractivity contribution in [2.45, 2.75) is 26.7 Å². The third-order valence-electron chi connectivity index (χ3n) is 1.74. The molecule has 1 heterocycles. The number of nitrogens with zero attached hydrogens (tertiary/aromatic N) is 2. The van der Waals surface area contributed by atoms with Gasteiger partial charge in [-0.1, -0.05) is 13.3 Å². The third kappa shape index (κ3) is 3.60. The Kier molecular flexibility index (Phi) is 4.75. The average Bonchev–Trinajstić information content (AvgIpc) is 2.19. The monoisotopic (exact) mass is 195 g/mol. The number of aromatic nitrogens is 2. The van der Waals surface area contributed by atoms with E-state index < -0.39 is 0 Å². The molecule has 0 atom stereocenters. The quantitative estimate of drug-likeness (QED) is 0.706. The van der Waals surface area contributed by atoms with Crippen molar-refractivity contribution in [2.24, 2.45) is 0 Å². The van der Waals surface area contributed by atoms with Crippen molar-refractivity contribution in [3.63, 3.8) is 0 Å². The fourth-order valence-electron chi connectivity index (χ4n) is 1.03. The van der Waals surface area contributed by atoms with Crippen molar-refractivity contribution in [1.82, 2.24) is 9.97 Å². The second-order valence-corrected chi connectivity index (χ2v) is 2.93. The van der Waals surface area contributed by atoms with Gasteiger partial charge in [0.2, 0.25) is 11.8 Å². The molecule has 0 spiro atoms. The molecule has 78 valence electrons. The molecule has 0 saturated heterocycles. The molecule has 0 aromatic carbocycles. The topological polar surface area (TPSA) is 47.0 Å². The molecule has 0 aliphatic heterocycles. The summed E-state index contributed by atoms with van der Waals surface area (Å²) in [6.07, 6.45) is 3.99. The minimum Gasteiger partial charge on any atom is -0.478 e. The van der Waals surface area contributed by atoms with Gasteiger partial charge in [0.25, 0.3) is 0 Å². The second kappa shape index (κ2) is 6.18. The van der Waals surface area contributed by atoms with Gasteiger partial charge in [0, 0.05) is 18.8 Å². The van der Waals surface area contributed by atoms with Gasteiger partial charge in [-0.3, -0.25) is 0 Å². The Hall–Kier alpha value is -1.32. The van der Waals surface area contributed by atoms with Crippen LogP contribution in [0.5, 0.6) is 5.88 Å². The second-order valence-electron chi connectivity index (χ2n) is 2.93. The zero-order chi connectivity index (χ0) is 10.2. The van der Waals surface area contributed by atoms with Gasteiger partial charge in [-0.05, 0) is 13.3 Å². The first kappa shape index (κ1) is 10.8. The van der Waals surface area contributed by atoms with Crippen molar-refractivity contribution in [3.8, 4) is 5.88 Å². The molecule has 4 heteroatoms. The molecule has 1 rings (SSSR count). The van der Waals surface area contributed by atoms with E-state index in [0.717, 1.165) is 19.4 Å². The zero-order valence-electron chi connectivity index (χ0n) is 8.79. The Morgan fingerprint density at radius 1 is 1.43 bits per heavy atom. The summed E-state index contributed by atoms with van der Waals surface area (Å²) in [5.74, 6) is 1.27. The Bertz CT molecular complexity index is 265. The smallest absolute Gasteiger partial charge is 0.225 e. The Morgan fingerprint density at radius 3 is 3.00 bits per heavy atom. The highest BCUT2D eigenvalue weighted by Gasteiger charge is 1.97. The van der Waals surface area contributed by atoms with Crippen molar-refractivity contribution in [2.75, 3.05) is 18.5 Å². The van der Waals surface area contributed by atoms with Crippen molar-refractivity contribution < 1.29 is 4.74 Å². The van der Waals surface area contributed by atoms with E-state index in [9.17, 15) is 0 Å². The fourth-order valence-corrected chi connectivity index (χ4v) is 1.03. The lowest BCUT2D eigenvalue weighted by molar-refractivity contribution is 0.326. The highest BCUT2D eigenvalue weighted by Crippen LogP contribution is 2.07. The first-order chi connectivity index (χ1) is 6.86. The van der Waals surface area contributed by atoms with E-state index in [-0.39, 0.29) is 0 Å². The average molecular weight is 195 g/mol. The molecule has 0 bridgehead atoms. The van der Waals surface area contributed by atoms with E-state index in [1.165, 1.54) is 0 Å². The van der Waals surface area contributed by atoms with E-state index in [2.05, 4.69) is 22.2 Å². The van der Waals surface area contributed by atoms with Crippen LogP contribution in [-0.2, 0) is 0 Å². The molecule has 0 unspecified atom stereocenters. The first-order valence-electron chi connectivity index (χ1n) is 5.06. The van der Waals surface area contributed by atoms with Gasteiger partial charge in [0.05, 0.1) is 6.61 Å². The van der Waals surface area contributed by atoms with Crippen LogP contribution in [0.15, 0.2) is 12.3 Å². The summed E-state index contributed by atoms with van der Waals surface area (Å²) < 4.78 is 5.26. The van der Waals surface area contributed by atoms with E-state index in [4.69, 9.17) is 4.74 Å². The Balaban J connectivity index is 2.46. The number of hydrogen-bond donors (Lipinski definition) is 1. The van der Waals surface area contributed by atoms with Gasteiger partial charge in [-0.15, -0.1) is 0 Å². The maximum Gasteiger partial charge on any atom is 0.225 e. The van der Waals surface area contributed by atoms with Gasteiger partial charge in [-0.25, -0.2) is 4.98 Å². The lowest BCUT2D eigenvalue weighted by Crippen LogP contribution is -2.05. The summed E-state index contributed by atoms with van der Waals surface area (Å²) in [4.78, 5) is 8.28. The number of ether oxygens (including phenoxy) is 1. The number of rotatable bonds is 6. The van der Waals surface area contributed by atoms with Gasteiger partial charge in [0.15, 0.2) is 0 Å². The summed E-state index contributed by atoms with van der Waals surface area (Å²) in [6.45, 7) is 5.63. The van der Waals surface area contributed by atoms with E-state index in [1.54, 1.807) is 12.3 Å². The standard InChI is InChI=1S/C10H17N3O/c1-3-5-7-11-10-12-8-6-9(13-10)14-4-2/h6,8H,3-5,7H2,1-2H3,(H,11,12,13). The summed E-state index contributed by atoms with van der Waals surface area (Å²) in [6, 6.07) is 1.76. The summed E-state index contributed by atoms with van der Waals surface area (Å²) in [5, 5.41) is 3.14.